The molecule has 4 atom stereocenters. The van der Waals surface area contributed by atoms with E-state index < -0.39 is 10.0 Å². The molecular weight excluding hydrogens is 412 g/mol. The summed E-state index contributed by atoms with van der Waals surface area (Å²) >= 11 is 0. The Morgan fingerprint density at radius 2 is 2.07 bits per heavy atom. The minimum atomic E-state index is -3.20. The molecule has 3 aliphatic rings. The van der Waals surface area contributed by atoms with Gasteiger partial charge in [-0.25, -0.2) is 12.7 Å². The van der Waals surface area contributed by atoms with Crippen LogP contribution in [0.2, 0.25) is 0 Å². The maximum absolute atomic E-state index is 12.4. The molecule has 0 unspecified atom stereocenters. The summed E-state index contributed by atoms with van der Waals surface area (Å²) < 4.78 is 31.0. The largest absolute Gasteiger partial charge is 0.483 e. The van der Waals surface area contributed by atoms with Gasteiger partial charge >= 0.3 is 0 Å². The molecule has 0 aliphatic carbocycles. The minimum Gasteiger partial charge on any atom is -0.483 e. The monoisotopic (exact) mass is 442 g/mol. The van der Waals surface area contributed by atoms with E-state index >= 15 is 0 Å². The molecule has 4 rings (SSSR count). The Kier molecular flexibility index (Phi) is 7.14. The van der Waals surface area contributed by atoms with Crippen molar-refractivity contribution in [2.75, 3.05) is 32.4 Å². The van der Waals surface area contributed by atoms with E-state index in [2.05, 4.69) is 15.4 Å². The predicted molar refractivity (Wildman–Crippen MR) is 108 cm³/mol. The van der Waals surface area contributed by atoms with Gasteiger partial charge in [0, 0.05) is 37.8 Å². The average molecular weight is 443 g/mol. The molecule has 0 radical (unpaired) electrons. The smallest absolute Gasteiger partial charge is 0.290 e. The van der Waals surface area contributed by atoms with Crippen LogP contribution in [0.4, 0.5) is 0 Å². The fourth-order valence-corrected chi connectivity index (χ4v) is 6.10. The highest BCUT2D eigenvalue weighted by Gasteiger charge is 2.48. The van der Waals surface area contributed by atoms with E-state index in [1.807, 2.05) is 0 Å². The number of hydrogen-bond acceptors (Lipinski definition) is 7. The summed E-state index contributed by atoms with van der Waals surface area (Å²) in [4.78, 5) is 23.3. The normalized spacial score (nSPS) is 29.3. The van der Waals surface area contributed by atoms with Crippen molar-refractivity contribution < 1.29 is 27.6 Å². The summed E-state index contributed by atoms with van der Waals surface area (Å²) in [6.45, 7) is 4.22. The first-order valence-electron chi connectivity index (χ1n) is 10.2. The second kappa shape index (κ2) is 9.44. The molecule has 3 saturated heterocycles. The number of aromatic nitrogens is 1. The number of carbonyl (C=O) groups excluding carboxylic acids is 1. The van der Waals surface area contributed by atoms with Crippen LogP contribution in [0.25, 0.3) is 0 Å². The lowest BCUT2D eigenvalue weighted by Gasteiger charge is -2.56. The fraction of sp³-hybridized carbons (Fsp3) is 0.737. The van der Waals surface area contributed by atoms with Crippen molar-refractivity contribution in [3.05, 3.63) is 17.5 Å². The highest BCUT2D eigenvalue weighted by molar-refractivity contribution is 7.88. The van der Waals surface area contributed by atoms with Crippen molar-refractivity contribution in [3.8, 4) is 0 Å². The molecule has 30 heavy (non-hydrogen) atoms. The topological polar surface area (TPSA) is 133 Å². The van der Waals surface area contributed by atoms with Crippen LogP contribution in [0.3, 0.4) is 0 Å². The van der Waals surface area contributed by atoms with Gasteiger partial charge in [0.15, 0.2) is 5.69 Å². The molecule has 0 saturated carbocycles. The Balaban J connectivity index is 0.000000806. The van der Waals surface area contributed by atoms with Crippen LogP contribution in [0.15, 0.2) is 10.6 Å². The molecule has 2 bridgehead atoms. The third-order valence-corrected chi connectivity index (χ3v) is 7.63. The maximum Gasteiger partial charge on any atom is 0.290 e. The fourth-order valence-electron chi connectivity index (χ4n) is 5.18. The van der Waals surface area contributed by atoms with Gasteiger partial charge in [-0.2, -0.15) is 0 Å². The quantitative estimate of drug-likeness (QED) is 0.646. The van der Waals surface area contributed by atoms with Gasteiger partial charge in [0.2, 0.25) is 10.0 Å². The molecule has 2 N–H and O–H groups in total. The van der Waals surface area contributed by atoms with Crippen LogP contribution in [0, 0.1) is 18.8 Å². The Morgan fingerprint density at radius 3 is 2.70 bits per heavy atom. The SMILES string of the molecule is Cc1cc(C(=O)NC[C@H]2[C@H]3C[C@H](CN(S(C)(=O)=O)C3)[C@@H]3CCCCN32)no1.O=CO. The maximum atomic E-state index is 12.4. The first kappa shape index (κ1) is 22.7. The molecule has 4 heterocycles. The average Bonchev–Trinajstić information content (AvgIpc) is 3.14. The van der Waals surface area contributed by atoms with E-state index in [4.69, 9.17) is 14.4 Å². The van der Waals surface area contributed by atoms with Crippen LogP contribution in [0.1, 0.15) is 41.9 Å². The van der Waals surface area contributed by atoms with Gasteiger partial charge in [0.25, 0.3) is 12.4 Å². The standard InChI is InChI=1S/C18H28N4O4S.CH2O2/c1-12-7-15(20-26-12)18(23)19-9-17-14-8-13(10-21(11-14)27(2,24)25)16-5-3-4-6-22(16)17;2-1-3/h7,13-14,16-17H,3-6,8-11H2,1-2H3,(H,19,23);1H,(H,2,3)/t13-,14+,16+,17+;/m1./s1. The first-order valence-corrected chi connectivity index (χ1v) is 12.1. The van der Waals surface area contributed by atoms with Crippen molar-refractivity contribution >= 4 is 22.4 Å². The van der Waals surface area contributed by atoms with Gasteiger partial charge in [0.1, 0.15) is 5.76 Å². The van der Waals surface area contributed by atoms with Crippen LogP contribution >= 0.6 is 0 Å². The number of nitrogens with zero attached hydrogens (tertiary/aromatic N) is 3. The highest BCUT2D eigenvalue weighted by atomic mass is 32.2. The second-order valence-corrected chi connectivity index (χ2v) is 10.3. The lowest BCUT2D eigenvalue weighted by atomic mass is 9.73. The Bertz CT molecular complexity index is 857. The third kappa shape index (κ3) is 5.01. The number of fused-ring (bicyclic) bond motifs is 4. The zero-order valence-electron chi connectivity index (χ0n) is 17.4. The van der Waals surface area contributed by atoms with Gasteiger partial charge in [0.05, 0.1) is 6.26 Å². The molecule has 11 heteroatoms. The van der Waals surface area contributed by atoms with E-state index in [-0.39, 0.29) is 30.0 Å². The lowest BCUT2D eigenvalue weighted by Crippen LogP contribution is -2.66. The molecule has 0 aromatic carbocycles. The molecule has 1 aromatic heterocycles. The van der Waals surface area contributed by atoms with Gasteiger partial charge < -0.3 is 14.9 Å². The van der Waals surface area contributed by atoms with E-state index in [1.54, 1.807) is 17.3 Å². The van der Waals surface area contributed by atoms with E-state index in [9.17, 15) is 13.2 Å². The second-order valence-electron chi connectivity index (χ2n) is 8.34. The number of sulfonamides is 1. The van der Waals surface area contributed by atoms with Crippen LogP contribution in [-0.4, -0.2) is 84.8 Å². The van der Waals surface area contributed by atoms with Crippen molar-refractivity contribution in [1.29, 1.82) is 0 Å². The summed E-state index contributed by atoms with van der Waals surface area (Å²) in [5.74, 6) is 1.00. The summed E-state index contributed by atoms with van der Waals surface area (Å²) in [5.41, 5.74) is 0.290. The third-order valence-electron chi connectivity index (χ3n) is 6.39. The van der Waals surface area contributed by atoms with Gasteiger partial charge in [-0.1, -0.05) is 11.6 Å². The molecule has 0 spiro atoms. The molecule has 3 aliphatic heterocycles. The zero-order valence-corrected chi connectivity index (χ0v) is 18.2. The number of aryl methyl sites for hydroxylation is 1. The number of hydrogen-bond donors (Lipinski definition) is 2. The molecule has 1 aromatic rings. The molecular formula is C19H30N4O6S. The molecule has 1 amide bonds. The molecule has 10 nitrogen and oxygen atoms in total. The van der Waals surface area contributed by atoms with Crippen LogP contribution < -0.4 is 5.32 Å². The summed E-state index contributed by atoms with van der Waals surface area (Å²) in [6.07, 6.45) is 5.81. The van der Waals surface area contributed by atoms with E-state index in [0.717, 1.165) is 19.4 Å². The number of nitrogens with one attached hydrogen (secondary N) is 1. The Morgan fingerprint density at radius 1 is 1.37 bits per heavy atom. The Labute approximate surface area is 176 Å². The van der Waals surface area contributed by atoms with E-state index in [1.165, 1.54) is 19.1 Å². The summed E-state index contributed by atoms with van der Waals surface area (Å²) in [7, 11) is -3.20. The summed E-state index contributed by atoms with van der Waals surface area (Å²) in [5, 5.41) is 13.7. The number of carboxylic acid groups (broad SMARTS) is 1. The van der Waals surface area contributed by atoms with Gasteiger partial charge in [-0.05, 0) is 44.6 Å². The van der Waals surface area contributed by atoms with Gasteiger partial charge in [-0.3, -0.25) is 14.5 Å². The zero-order chi connectivity index (χ0) is 21.9. The molecule has 3 fully saturated rings. The number of amides is 1. The number of rotatable bonds is 4. The van der Waals surface area contributed by atoms with E-state index in [0.29, 0.717) is 37.4 Å². The Hall–Kier alpha value is -1.98. The predicted octanol–water partition coefficient (Wildman–Crippen LogP) is 0.548. The van der Waals surface area contributed by atoms with Crippen molar-refractivity contribution in [3.63, 3.8) is 0 Å². The number of carbonyl (C=O) groups is 2. The van der Waals surface area contributed by atoms with Crippen LogP contribution in [0.5, 0.6) is 0 Å². The van der Waals surface area contributed by atoms with Gasteiger partial charge in [-0.15, -0.1) is 0 Å². The van der Waals surface area contributed by atoms with Crippen molar-refractivity contribution in [2.45, 2.75) is 44.7 Å². The molecule has 168 valence electrons. The highest BCUT2D eigenvalue weighted by Crippen LogP contribution is 2.41. The first-order chi connectivity index (χ1) is 14.2. The minimum absolute atomic E-state index is 0.160. The lowest BCUT2D eigenvalue weighted by molar-refractivity contribution is -0.122. The van der Waals surface area contributed by atoms with Crippen molar-refractivity contribution in [1.82, 2.24) is 19.7 Å². The van der Waals surface area contributed by atoms with Crippen LogP contribution in [-0.2, 0) is 14.8 Å². The number of piperidine rings is 3. The van der Waals surface area contributed by atoms with Crippen molar-refractivity contribution in [2.24, 2.45) is 11.8 Å². The summed E-state index contributed by atoms with van der Waals surface area (Å²) in [6, 6.07) is 2.20.